The van der Waals surface area contributed by atoms with Crippen molar-refractivity contribution in [3.05, 3.63) is 34.9 Å². The van der Waals surface area contributed by atoms with Gasteiger partial charge in [0, 0.05) is 19.6 Å². The van der Waals surface area contributed by atoms with Gasteiger partial charge >= 0.3 is 5.97 Å². The molecule has 4 nitrogen and oxygen atoms in total. The van der Waals surface area contributed by atoms with Crippen LogP contribution in [0.3, 0.4) is 0 Å². The third kappa shape index (κ3) is 5.82. The lowest BCUT2D eigenvalue weighted by atomic mass is 9.79. The van der Waals surface area contributed by atoms with Crippen LogP contribution in [-0.4, -0.2) is 49.8 Å². The summed E-state index contributed by atoms with van der Waals surface area (Å²) in [7, 11) is 0. The summed E-state index contributed by atoms with van der Waals surface area (Å²) >= 11 is 0. The van der Waals surface area contributed by atoms with E-state index in [1.165, 1.54) is 0 Å². The van der Waals surface area contributed by atoms with E-state index in [2.05, 4.69) is 52.5 Å². The number of carbonyl (C=O) groups excluding carboxylic acids is 1. The van der Waals surface area contributed by atoms with Crippen molar-refractivity contribution in [3.8, 4) is 0 Å². The van der Waals surface area contributed by atoms with Gasteiger partial charge in [-0.25, -0.2) is 4.79 Å². The number of morpholine rings is 1. The molecule has 0 N–H and O–H groups in total. The Labute approximate surface area is 158 Å². The van der Waals surface area contributed by atoms with Crippen molar-refractivity contribution in [2.45, 2.75) is 65.4 Å². The lowest BCUT2D eigenvalue weighted by molar-refractivity contribution is 0.000432. The predicted octanol–water partition coefficient (Wildman–Crippen LogP) is 4.16. The Kier molecular flexibility index (Phi) is 6.51. The predicted molar refractivity (Wildman–Crippen MR) is 106 cm³/mol. The highest BCUT2D eigenvalue weighted by Gasteiger charge is 2.24. The zero-order chi connectivity index (χ0) is 19.5. The fourth-order valence-electron chi connectivity index (χ4n) is 3.05. The maximum Gasteiger partial charge on any atom is 0.338 e. The average Bonchev–Trinajstić information content (AvgIpc) is 2.53. The monoisotopic (exact) mass is 361 g/mol. The van der Waals surface area contributed by atoms with Gasteiger partial charge in [0.1, 0.15) is 6.10 Å². The summed E-state index contributed by atoms with van der Waals surface area (Å²) in [5.74, 6) is -0.234. The lowest BCUT2D eigenvalue weighted by Gasteiger charge is -2.29. The fraction of sp³-hybridized carbons (Fsp3) is 0.682. The average molecular weight is 362 g/mol. The van der Waals surface area contributed by atoms with Gasteiger partial charge in [-0.3, -0.25) is 4.90 Å². The molecule has 1 aliphatic heterocycles. The molecule has 0 spiro atoms. The summed E-state index contributed by atoms with van der Waals surface area (Å²) in [5, 5.41) is 0. The molecule has 1 aliphatic rings. The topological polar surface area (TPSA) is 38.8 Å². The van der Waals surface area contributed by atoms with E-state index in [-0.39, 0.29) is 22.9 Å². The minimum absolute atomic E-state index is 0.0181. The second kappa shape index (κ2) is 8.10. The summed E-state index contributed by atoms with van der Waals surface area (Å²) in [5.41, 5.74) is 2.94. The van der Waals surface area contributed by atoms with Crippen LogP contribution in [0.5, 0.6) is 0 Å². The quantitative estimate of drug-likeness (QED) is 0.755. The van der Waals surface area contributed by atoms with Crippen molar-refractivity contribution >= 4 is 5.97 Å². The van der Waals surface area contributed by atoms with Crippen LogP contribution in [0, 0.1) is 0 Å². The SMILES string of the molecule is C[C@H](CN1CCOCC1)OC(=O)c1cc(C(C)(C)C)cc(C(C)(C)C)c1. The number of esters is 1. The Hall–Kier alpha value is -1.39. The molecule has 4 heteroatoms. The van der Waals surface area contributed by atoms with Gasteiger partial charge in [-0.05, 0) is 41.0 Å². The standard InChI is InChI=1S/C22H35NO3/c1-16(15-23-8-10-25-11-9-23)26-20(24)17-12-18(21(2,3)4)14-19(13-17)22(5,6)7/h12-14,16H,8-11,15H2,1-7H3/t16-/m1/s1. The van der Waals surface area contributed by atoms with Crippen molar-refractivity contribution in [2.75, 3.05) is 32.8 Å². The van der Waals surface area contributed by atoms with Gasteiger partial charge in [-0.15, -0.1) is 0 Å². The molecule has 1 fully saturated rings. The van der Waals surface area contributed by atoms with Gasteiger partial charge < -0.3 is 9.47 Å². The molecule has 1 atom stereocenters. The zero-order valence-electron chi connectivity index (χ0n) is 17.5. The van der Waals surface area contributed by atoms with Crippen molar-refractivity contribution in [1.29, 1.82) is 0 Å². The summed E-state index contributed by atoms with van der Waals surface area (Å²) in [4.78, 5) is 15.1. The Morgan fingerprint density at radius 2 is 1.54 bits per heavy atom. The minimum Gasteiger partial charge on any atom is -0.458 e. The van der Waals surface area contributed by atoms with E-state index in [1.54, 1.807) is 0 Å². The first-order valence-electron chi connectivity index (χ1n) is 9.64. The van der Waals surface area contributed by atoms with Crippen LogP contribution in [-0.2, 0) is 20.3 Å². The van der Waals surface area contributed by atoms with Gasteiger partial charge in [0.25, 0.3) is 0 Å². The molecule has 1 aromatic carbocycles. The zero-order valence-corrected chi connectivity index (χ0v) is 17.5. The van der Waals surface area contributed by atoms with Crippen LogP contribution in [0.1, 0.15) is 70.0 Å². The molecule has 0 radical (unpaired) electrons. The number of carbonyl (C=O) groups is 1. The van der Waals surface area contributed by atoms with Crippen LogP contribution in [0.15, 0.2) is 18.2 Å². The maximum absolute atomic E-state index is 12.8. The third-order valence-electron chi connectivity index (χ3n) is 4.83. The van der Waals surface area contributed by atoms with E-state index < -0.39 is 0 Å². The molecule has 0 unspecified atom stereocenters. The highest BCUT2D eigenvalue weighted by Crippen LogP contribution is 2.30. The molecule has 146 valence electrons. The Morgan fingerprint density at radius 3 is 2.00 bits per heavy atom. The van der Waals surface area contributed by atoms with E-state index in [4.69, 9.17) is 9.47 Å². The van der Waals surface area contributed by atoms with Crippen molar-refractivity contribution in [2.24, 2.45) is 0 Å². The number of benzene rings is 1. The largest absolute Gasteiger partial charge is 0.458 e. The number of ether oxygens (including phenoxy) is 2. The number of hydrogen-bond acceptors (Lipinski definition) is 4. The van der Waals surface area contributed by atoms with E-state index >= 15 is 0 Å². The molecule has 1 saturated heterocycles. The van der Waals surface area contributed by atoms with Crippen molar-refractivity contribution in [1.82, 2.24) is 4.90 Å². The van der Waals surface area contributed by atoms with Gasteiger partial charge in [0.2, 0.25) is 0 Å². The number of nitrogens with zero attached hydrogens (tertiary/aromatic N) is 1. The van der Waals surface area contributed by atoms with Gasteiger partial charge in [-0.1, -0.05) is 47.6 Å². The Bertz CT molecular complexity index is 587. The van der Waals surface area contributed by atoms with Gasteiger partial charge in [-0.2, -0.15) is 0 Å². The Balaban J connectivity index is 2.16. The van der Waals surface area contributed by atoms with Gasteiger partial charge in [0.15, 0.2) is 0 Å². The van der Waals surface area contributed by atoms with Crippen LogP contribution in [0.4, 0.5) is 0 Å². The molecular formula is C22H35NO3. The lowest BCUT2D eigenvalue weighted by Crippen LogP contribution is -2.41. The van der Waals surface area contributed by atoms with Gasteiger partial charge in [0.05, 0.1) is 18.8 Å². The second-order valence-electron chi connectivity index (χ2n) is 9.43. The molecule has 0 saturated carbocycles. The summed E-state index contributed by atoms with van der Waals surface area (Å²) in [6.45, 7) is 19.0. The van der Waals surface area contributed by atoms with E-state index in [0.29, 0.717) is 5.56 Å². The van der Waals surface area contributed by atoms with Crippen LogP contribution < -0.4 is 0 Å². The fourth-order valence-corrected chi connectivity index (χ4v) is 3.05. The Morgan fingerprint density at radius 1 is 1.04 bits per heavy atom. The highest BCUT2D eigenvalue weighted by atomic mass is 16.5. The summed E-state index contributed by atoms with van der Waals surface area (Å²) in [6, 6.07) is 6.19. The molecule has 0 amide bonds. The second-order valence-corrected chi connectivity index (χ2v) is 9.43. The van der Waals surface area contributed by atoms with Crippen molar-refractivity contribution in [3.63, 3.8) is 0 Å². The molecule has 0 aliphatic carbocycles. The highest BCUT2D eigenvalue weighted by molar-refractivity contribution is 5.90. The molecule has 0 aromatic heterocycles. The summed E-state index contributed by atoms with van der Waals surface area (Å²) in [6.07, 6.45) is -0.142. The smallest absolute Gasteiger partial charge is 0.338 e. The van der Waals surface area contributed by atoms with E-state index in [1.807, 2.05) is 19.1 Å². The van der Waals surface area contributed by atoms with Crippen LogP contribution in [0.25, 0.3) is 0 Å². The van der Waals surface area contributed by atoms with E-state index in [9.17, 15) is 4.79 Å². The number of rotatable bonds is 4. The normalized spacial score (nSPS) is 17.8. The molecule has 26 heavy (non-hydrogen) atoms. The molecular weight excluding hydrogens is 326 g/mol. The first-order valence-corrected chi connectivity index (χ1v) is 9.64. The molecule has 1 aromatic rings. The maximum atomic E-state index is 12.8. The summed E-state index contributed by atoms with van der Waals surface area (Å²) < 4.78 is 11.1. The number of hydrogen-bond donors (Lipinski definition) is 0. The first kappa shape index (κ1) is 20.9. The molecule has 1 heterocycles. The molecule has 2 rings (SSSR count). The first-order chi connectivity index (χ1) is 12.0. The molecule has 0 bridgehead atoms. The van der Waals surface area contributed by atoms with E-state index in [0.717, 1.165) is 44.0 Å². The minimum atomic E-state index is -0.234. The van der Waals surface area contributed by atoms with Crippen LogP contribution in [0.2, 0.25) is 0 Å². The third-order valence-corrected chi connectivity index (χ3v) is 4.83. The van der Waals surface area contributed by atoms with Crippen LogP contribution >= 0.6 is 0 Å². The van der Waals surface area contributed by atoms with Crippen molar-refractivity contribution < 1.29 is 14.3 Å².